The van der Waals surface area contributed by atoms with Gasteiger partial charge in [0, 0.05) is 0 Å². The van der Waals surface area contributed by atoms with Gasteiger partial charge in [-0.15, -0.1) is 11.6 Å². The largest absolute Gasteiger partial charge is 0.560 e. The average Bonchev–Trinajstić information content (AvgIpc) is 2.52. The Bertz CT molecular complexity index is 414. The van der Waals surface area contributed by atoms with Gasteiger partial charge in [-0.1, -0.05) is 25.5 Å². The topological polar surface area (TPSA) is 51.0 Å². The molecule has 2 atom stereocenters. The third-order valence-electron chi connectivity index (χ3n) is 3.05. The molecule has 1 aromatic carbocycles. The zero-order valence-corrected chi connectivity index (χ0v) is 13.0. The van der Waals surface area contributed by atoms with Crippen molar-refractivity contribution in [1.29, 1.82) is 0 Å². The van der Waals surface area contributed by atoms with Crippen LogP contribution < -0.4 is 4.74 Å². The maximum Gasteiger partial charge on any atom is 0.375 e. The van der Waals surface area contributed by atoms with Crippen molar-refractivity contribution in [2.45, 2.75) is 38.3 Å². The quantitative estimate of drug-likeness (QED) is 0.237. The van der Waals surface area contributed by atoms with Crippen LogP contribution in [0, 0.1) is 0 Å². The third kappa shape index (κ3) is 6.87. The van der Waals surface area contributed by atoms with Crippen molar-refractivity contribution in [2.75, 3.05) is 12.5 Å². The van der Waals surface area contributed by atoms with Crippen molar-refractivity contribution in [3.05, 3.63) is 29.8 Å². The summed E-state index contributed by atoms with van der Waals surface area (Å²) in [5.74, 6) is 0.945. The number of benzene rings is 1. The molecule has 0 bridgehead atoms. The van der Waals surface area contributed by atoms with Crippen LogP contribution in [-0.4, -0.2) is 44.2 Å². The molecule has 0 aromatic heterocycles. The first-order chi connectivity index (χ1) is 10.2. The predicted molar refractivity (Wildman–Crippen MR) is 86.4 cm³/mol. The number of nitrogens with zero attached hydrogens (tertiary/aromatic N) is 1. The number of alkyl halides is 1. The second-order valence-electron chi connectivity index (χ2n) is 4.73. The van der Waals surface area contributed by atoms with E-state index >= 15 is 0 Å². The van der Waals surface area contributed by atoms with Gasteiger partial charge in [-0.3, -0.25) is 4.99 Å². The smallest absolute Gasteiger partial charge is 0.375 e. The minimum atomic E-state index is -0.751. The lowest BCUT2D eigenvalue weighted by Crippen LogP contribution is -2.28. The van der Waals surface area contributed by atoms with E-state index in [1.807, 2.05) is 24.3 Å². The number of hydrogen-bond donors (Lipinski definition) is 1. The summed E-state index contributed by atoms with van der Waals surface area (Å²) in [6.45, 7) is 2.85. The molecule has 6 heteroatoms. The first-order valence-electron chi connectivity index (χ1n) is 7.04. The van der Waals surface area contributed by atoms with Crippen LogP contribution >= 0.6 is 11.6 Å². The van der Waals surface area contributed by atoms with Crippen molar-refractivity contribution in [3.63, 3.8) is 0 Å². The van der Waals surface area contributed by atoms with E-state index in [0.29, 0.717) is 6.42 Å². The van der Waals surface area contributed by atoms with Crippen LogP contribution in [0.4, 0.5) is 0 Å². The highest BCUT2D eigenvalue weighted by molar-refractivity contribution is 6.18. The molecule has 0 saturated carbocycles. The second kappa shape index (κ2) is 10.5. The summed E-state index contributed by atoms with van der Waals surface area (Å²) in [7, 11) is 4.91. The molecule has 4 nitrogen and oxygen atoms in total. The predicted octanol–water partition coefficient (Wildman–Crippen LogP) is 2.50. The molecule has 0 saturated heterocycles. The molecule has 0 heterocycles. The van der Waals surface area contributed by atoms with Crippen LogP contribution in [0.15, 0.2) is 29.3 Å². The average molecular weight is 310 g/mol. The molecule has 2 radical (unpaired) electrons. The normalized spacial score (nSPS) is 14.0. The monoisotopic (exact) mass is 309 g/mol. The Labute approximate surface area is 132 Å². The number of halogens is 1. The maximum absolute atomic E-state index is 9.84. The SMILES string of the molecule is [B]OC=N[C@@H](Cc1ccc(OCCCC)cc1)[C@@H](O)CCl. The lowest BCUT2D eigenvalue weighted by atomic mass is 10.0. The zero-order valence-electron chi connectivity index (χ0n) is 12.2. The fraction of sp³-hybridized carbons (Fsp3) is 0.533. The van der Waals surface area contributed by atoms with Crippen LogP contribution in [0.1, 0.15) is 25.3 Å². The van der Waals surface area contributed by atoms with E-state index in [1.165, 1.54) is 0 Å². The van der Waals surface area contributed by atoms with Crippen molar-refractivity contribution in [3.8, 4) is 5.75 Å². The summed E-state index contributed by atoms with van der Waals surface area (Å²) in [6, 6.07) is 7.34. The van der Waals surface area contributed by atoms with Gasteiger partial charge in [0.15, 0.2) is 6.40 Å². The van der Waals surface area contributed by atoms with Crippen molar-refractivity contribution < 1.29 is 14.5 Å². The number of aliphatic imine (C=N–C) groups is 1. The fourth-order valence-corrected chi connectivity index (χ4v) is 2.01. The van der Waals surface area contributed by atoms with Crippen LogP contribution in [0.3, 0.4) is 0 Å². The van der Waals surface area contributed by atoms with E-state index in [1.54, 1.807) is 0 Å². The molecule has 0 aliphatic rings. The van der Waals surface area contributed by atoms with E-state index < -0.39 is 12.1 Å². The molecule has 0 amide bonds. The van der Waals surface area contributed by atoms with Crippen molar-refractivity contribution in [2.24, 2.45) is 4.99 Å². The Morgan fingerprint density at radius 1 is 1.38 bits per heavy atom. The van der Waals surface area contributed by atoms with Gasteiger partial charge in [0.25, 0.3) is 0 Å². The Balaban J connectivity index is 2.60. The number of aliphatic hydroxyl groups is 1. The van der Waals surface area contributed by atoms with E-state index in [-0.39, 0.29) is 5.88 Å². The van der Waals surface area contributed by atoms with Gasteiger partial charge in [-0.2, -0.15) is 0 Å². The molecular formula is C15H21BClNO3. The Hall–Kier alpha value is -1.20. The van der Waals surface area contributed by atoms with Gasteiger partial charge >= 0.3 is 8.05 Å². The minimum absolute atomic E-state index is 0.102. The van der Waals surface area contributed by atoms with Crippen LogP contribution in [0.2, 0.25) is 0 Å². The Kier molecular flexibility index (Phi) is 8.94. The van der Waals surface area contributed by atoms with E-state index in [0.717, 1.165) is 37.2 Å². The molecule has 0 fully saturated rings. The zero-order chi connectivity index (χ0) is 15.5. The van der Waals surface area contributed by atoms with Crippen LogP contribution in [0.25, 0.3) is 0 Å². The Morgan fingerprint density at radius 3 is 2.67 bits per heavy atom. The summed E-state index contributed by atoms with van der Waals surface area (Å²) in [5.41, 5.74) is 1.03. The van der Waals surface area contributed by atoms with Crippen molar-refractivity contribution >= 4 is 26.1 Å². The summed E-state index contributed by atoms with van der Waals surface area (Å²) in [4.78, 5) is 4.05. The van der Waals surface area contributed by atoms with Gasteiger partial charge in [-0.25, -0.2) is 0 Å². The number of rotatable bonds is 10. The number of unbranched alkanes of at least 4 members (excludes halogenated alkanes) is 1. The van der Waals surface area contributed by atoms with Gasteiger partial charge in [0.05, 0.1) is 24.6 Å². The highest BCUT2D eigenvalue weighted by atomic mass is 35.5. The summed E-state index contributed by atoms with van der Waals surface area (Å²) < 4.78 is 9.92. The first kappa shape index (κ1) is 17.9. The lowest BCUT2D eigenvalue weighted by molar-refractivity contribution is 0.167. The standard InChI is InChI=1S/C15H21BClNO3/c1-2-3-8-20-13-6-4-12(5-7-13)9-14(15(19)10-17)18-11-21-16/h4-7,11,14-15,19H,2-3,8-10H2,1H3/t14-,15-/m0/s1. The fourth-order valence-electron chi connectivity index (χ4n) is 1.80. The van der Waals surface area contributed by atoms with Gasteiger partial charge < -0.3 is 14.5 Å². The summed E-state index contributed by atoms with van der Waals surface area (Å²) in [5, 5.41) is 9.84. The summed E-state index contributed by atoms with van der Waals surface area (Å²) >= 11 is 5.67. The highest BCUT2D eigenvalue weighted by Gasteiger charge is 2.17. The number of hydrogen-bond acceptors (Lipinski definition) is 4. The summed E-state index contributed by atoms with van der Waals surface area (Å²) in [6.07, 6.45) is 3.06. The molecule has 0 aliphatic carbocycles. The number of ether oxygens (including phenoxy) is 1. The molecular weight excluding hydrogens is 288 g/mol. The third-order valence-corrected chi connectivity index (χ3v) is 3.37. The van der Waals surface area contributed by atoms with Gasteiger partial charge in [-0.05, 0) is 30.5 Å². The Morgan fingerprint density at radius 2 is 2.10 bits per heavy atom. The van der Waals surface area contributed by atoms with Crippen LogP contribution in [-0.2, 0) is 11.1 Å². The molecule has 0 aliphatic heterocycles. The van der Waals surface area contributed by atoms with Crippen LogP contribution in [0.5, 0.6) is 5.75 Å². The van der Waals surface area contributed by atoms with E-state index in [2.05, 4.69) is 16.6 Å². The molecule has 114 valence electrons. The van der Waals surface area contributed by atoms with Crippen molar-refractivity contribution in [1.82, 2.24) is 0 Å². The lowest BCUT2D eigenvalue weighted by Gasteiger charge is -2.17. The molecule has 0 unspecified atom stereocenters. The minimum Gasteiger partial charge on any atom is -0.560 e. The maximum atomic E-state index is 9.84. The van der Waals surface area contributed by atoms with E-state index in [4.69, 9.17) is 24.4 Å². The van der Waals surface area contributed by atoms with Gasteiger partial charge in [0.1, 0.15) is 5.75 Å². The molecule has 1 aromatic rings. The first-order valence-corrected chi connectivity index (χ1v) is 7.57. The highest BCUT2D eigenvalue weighted by Crippen LogP contribution is 2.16. The van der Waals surface area contributed by atoms with E-state index in [9.17, 15) is 5.11 Å². The molecule has 0 spiro atoms. The second-order valence-corrected chi connectivity index (χ2v) is 5.04. The van der Waals surface area contributed by atoms with Gasteiger partial charge in [0.2, 0.25) is 0 Å². The molecule has 21 heavy (non-hydrogen) atoms. The molecule has 1 N–H and O–H groups in total. The number of aliphatic hydroxyl groups excluding tert-OH is 1. The molecule has 1 rings (SSSR count).